The van der Waals surface area contributed by atoms with Crippen LogP contribution in [0.2, 0.25) is 0 Å². The van der Waals surface area contributed by atoms with Crippen molar-refractivity contribution in [3.05, 3.63) is 17.7 Å². The highest BCUT2D eigenvalue weighted by Gasteiger charge is 2.04. The summed E-state index contributed by atoms with van der Waals surface area (Å²) in [7, 11) is 0. The molecule has 1 aromatic carbocycles. The molecule has 13 heavy (non-hydrogen) atoms. The van der Waals surface area contributed by atoms with Crippen LogP contribution >= 0.6 is 23.1 Å². The second-order valence-electron chi connectivity index (χ2n) is 2.86. The Morgan fingerprint density at radius 3 is 2.92 bits per heavy atom. The highest BCUT2D eigenvalue weighted by atomic mass is 32.2. The molecular formula is C9H10N2S2. The first kappa shape index (κ1) is 8.84. The van der Waals surface area contributed by atoms with Gasteiger partial charge in [0.25, 0.3) is 0 Å². The van der Waals surface area contributed by atoms with E-state index >= 15 is 0 Å². The molecule has 0 aliphatic carbocycles. The van der Waals surface area contributed by atoms with E-state index in [1.165, 1.54) is 4.70 Å². The van der Waals surface area contributed by atoms with Crippen molar-refractivity contribution in [3.8, 4) is 0 Å². The van der Waals surface area contributed by atoms with Crippen LogP contribution in [0.25, 0.3) is 10.2 Å². The first-order valence-corrected chi connectivity index (χ1v) is 5.95. The Hall–Kier alpha value is -0.740. The van der Waals surface area contributed by atoms with E-state index in [0.717, 1.165) is 21.1 Å². The molecule has 68 valence electrons. The van der Waals surface area contributed by atoms with Crippen LogP contribution in [0, 0.1) is 6.92 Å². The Morgan fingerprint density at radius 2 is 2.23 bits per heavy atom. The van der Waals surface area contributed by atoms with Gasteiger partial charge in [0, 0.05) is 5.69 Å². The minimum absolute atomic E-state index is 0.851. The maximum Gasteiger partial charge on any atom is 0.150 e. The third-order valence-electron chi connectivity index (χ3n) is 1.93. The number of nitrogens with two attached hydrogens (primary N) is 1. The number of anilines is 1. The molecule has 0 unspecified atom stereocenters. The van der Waals surface area contributed by atoms with Gasteiger partial charge in [0.15, 0.2) is 4.34 Å². The van der Waals surface area contributed by atoms with Crippen molar-refractivity contribution in [2.75, 3.05) is 12.0 Å². The lowest BCUT2D eigenvalue weighted by Crippen LogP contribution is -1.87. The van der Waals surface area contributed by atoms with Crippen LogP contribution in [0.1, 0.15) is 5.56 Å². The molecular weight excluding hydrogens is 200 g/mol. The molecule has 2 rings (SSSR count). The van der Waals surface area contributed by atoms with Crippen LogP contribution in [-0.2, 0) is 0 Å². The molecule has 0 atom stereocenters. The fourth-order valence-electron chi connectivity index (χ4n) is 1.16. The van der Waals surface area contributed by atoms with Gasteiger partial charge in [-0.2, -0.15) is 0 Å². The predicted octanol–water partition coefficient (Wildman–Crippen LogP) is 2.91. The zero-order valence-electron chi connectivity index (χ0n) is 7.50. The molecule has 2 N–H and O–H groups in total. The second kappa shape index (κ2) is 3.20. The number of benzene rings is 1. The molecule has 0 spiro atoms. The summed E-state index contributed by atoms with van der Waals surface area (Å²) in [6, 6.07) is 4.04. The molecule has 0 amide bonds. The first-order chi connectivity index (χ1) is 6.20. The number of hydrogen-bond acceptors (Lipinski definition) is 4. The van der Waals surface area contributed by atoms with E-state index in [1.807, 2.05) is 25.3 Å². The molecule has 1 heterocycles. The van der Waals surface area contributed by atoms with Crippen LogP contribution in [0.3, 0.4) is 0 Å². The van der Waals surface area contributed by atoms with E-state index in [4.69, 9.17) is 5.73 Å². The van der Waals surface area contributed by atoms with Crippen molar-refractivity contribution in [2.24, 2.45) is 0 Å². The Labute approximate surface area is 85.2 Å². The molecule has 1 aromatic heterocycles. The number of rotatable bonds is 1. The molecule has 2 aromatic rings. The van der Waals surface area contributed by atoms with Crippen LogP contribution in [-0.4, -0.2) is 11.2 Å². The molecule has 0 saturated heterocycles. The molecule has 0 radical (unpaired) electrons. The van der Waals surface area contributed by atoms with Gasteiger partial charge in [-0.1, -0.05) is 11.8 Å². The minimum atomic E-state index is 0.851. The average molecular weight is 210 g/mol. The highest BCUT2D eigenvalue weighted by Crippen LogP contribution is 2.30. The average Bonchev–Trinajstić information content (AvgIpc) is 2.48. The molecule has 2 nitrogen and oxygen atoms in total. The largest absolute Gasteiger partial charge is 0.398 e. The summed E-state index contributed by atoms with van der Waals surface area (Å²) in [5, 5.41) is 0. The van der Waals surface area contributed by atoms with Gasteiger partial charge in [0.05, 0.1) is 10.2 Å². The fraction of sp³-hybridized carbons (Fsp3) is 0.222. The summed E-state index contributed by atoms with van der Waals surface area (Å²) in [6.45, 7) is 2.01. The van der Waals surface area contributed by atoms with Crippen molar-refractivity contribution in [3.63, 3.8) is 0 Å². The van der Waals surface area contributed by atoms with E-state index in [9.17, 15) is 0 Å². The quantitative estimate of drug-likeness (QED) is 0.581. The van der Waals surface area contributed by atoms with Crippen molar-refractivity contribution >= 4 is 39.0 Å². The van der Waals surface area contributed by atoms with Gasteiger partial charge in [0.1, 0.15) is 0 Å². The molecule has 4 heteroatoms. The summed E-state index contributed by atoms with van der Waals surface area (Å²) in [5.74, 6) is 0. The van der Waals surface area contributed by atoms with E-state index in [-0.39, 0.29) is 0 Å². The Kier molecular flexibility index (Phi) is 2.17. The summed E-state index contributed by atoms with van der Waals surface area (Å²) >= 11 is 3.36. The normalized spacial score (nSPS) is 10.9. The zero-order valence-corrected chi connectivity index (χ0v) is 9.13. The monoisotopic (exact) mass is 210 g/mol. The molecule has 0 fully saturated rings. The van der Waals surface area contributed by atoms with Gasteiger partial charge in [-0.05, 0) is 30.9 Å². The lowest BCUT2D eigenvalue weighted by atomic mass is 10.2. The molecule has 0 aliphatic heterocycles. The maximum atomic E-state index is 5.81. The number of thiazole rings is 1. The van der Waals surface area contributed by atoms with Crippen molar-refractivity contribution in [1.82, 2.24) is 4.98 Å². The van der Waals surface area contributed by atoms with Crippen LogP contribution in [0.15, 0.2) is 16.5 Å². The van der Waals surface area contributed by atoms with Gasteiger partial charge < -0.3 is 5.73 Å². The third-order valence-corrected chi connectivity index (χ3v) is 3.93. The number of aromatic nitrogens is 1. The van der Waals surface area contributed by atoms with E-state index < -0.39 is 0 Å². The number of hydrogen-bond donors (Lipinski definition) is 1. The van der Waals surface area contributed by atoms with Crippen LogP contribution in [0.4, 0.5) is 5.69 Å². The van der Waals surface area contributed by atoms with Gasteiger partial charge in [-0.15, -0.1) is 11.3 Å². The van der Waals surface area contributed by atoms with Crippen LogP contribution < -0.4 is 5.73 Å². The predicted molar refractivity (Wildman–Crippen MR) is 60.6 cm³/mol. The van der Waals surface area contributed by atoms with Gasteiger partial charge >= 0.3 is 0 Å². The fourth-order valence-corrected chi connectivity index (χ4v) is 2.68. The van der Waals surface area contributed by atoms with Gasteiger partial charge in [0.2, 0.25) is 0 Å². The summed E-state index contributed by atoms with van der Waals surface area (Å²) in [6.07, 6.45) is 2.04. The van der Waals surface area contributed by atoms with Crippen molar-refractivity contribution in [2.45, 2.75) is 11.3 Å². The molecule has 0 aliphatic rings. The van der Waals surface area contributed by atoms with Crippen LogP contribution in [0.5, 0.6) is 0 Å². The number of fused-ring (bicyclic) bond motifs is 1. The van der Waals surface area contributed by atoms with Gasteiger partial charge in [-0.25, -0.2) is 4.98 Å². The Morgan fingerprint density at radius 1 is 1.46 bits per heavy atom. The van der Waals surface area contributed by atoms with Crippen molar-refractivity contribution < 1.29 is 0 Å². The lowest BCUT2D eigenvalue weighted by Gasteiger charge is -1.97. The number of nitrogen functional groups attached to an aromatic ring is 1. The number of aryl methyl sites for hydroxylation is 1. The first-order valence-electron chi connectivity index (χ1n) is 3.91. The second-order valence-corrected chi connectivity index (χ2v) is 4.94. The third kappa shape index (κ3) is 1.51. The lowest BCUT2D eigenvalue weighted by molar-refractivity contribution is 1.30. The minimum Gasteiger partial charge on any atom is -0.398 e. The maximum absolute atomic E-state index is 5.81. The summed E-state index contributed by atoms with van der Waals surface area (Å²) in [4.78, 5) is 4.46. The standard InChI is InChI=1S/C9H10N2S2/c1-5-3-7-8(4-6(5)10)13-9(11-7)12-2/h3-4H,10H2,1-2H3. The smallest absolute Gasteiger partial charge is 0.150 e. The summed E-state index contributed by atoms with van der Waals surface area (Å²) in [5.41, 5.74) is 8.82. The SMILES string of the molecule is CSc1nc2cc(C)c(N)cc2s1. The van der Waals surface area contributed by atoms with E-state index in [2.05, 4.69) is 4.98 Å². The molecule has 0 saturated carbocycles. The Bertz CT molecular complexity index is 409. The number of thioether (sulfide) groups is 1. The molecule has 0 bridgehead atoms. The van der Waals surface area contributed by atoms with E-state index in [0.29, 0.717) is 0 Å². The van der Waals surface area contributed by atoms with Gasteiger partial charge in [-0.3, -0.25) is 0 Å². The Balaban J connectivity index is 2.70. The van der Waals surface area contributed by atoms with E-state index in [1.54, 1.807) is 23.1 Å². The topological polar surface area (TPSA) is 38.9 Å². The van der Waals surface area contributed by atoms with Crippen molar-refractivity contribution in [1.29, 1.82) is 0 Å². The highest BCUT2D eigenvalue weighted by molar-refractivity contribution is 8.00. The summed E-state index contributed by atoms with van der Waals surface area (Å²) < 4.78 is 2.27. The number of nitrogens with zero attached hydrogens (tertiary/aromatic N) is 1. The zero-order chi connectivity index (χ0) is 9.42.